The number of amides is 1. The Labute approximate surface area is 164 Å². The molecule has 1 aromatic heterocycles. The third kappa shape index (κ3) is 4.09. The second kappa shape index (κ2) is 8.30. The van der Waals surface area contributed by atoms with Gasteiger partial charge in [0.05, 0.1) is 12.6 Å². The van der Waals surface area contributed by atoms with E-state index in [-0.39, 0.29) is 11.5 Å². The van der Waals surface area contributed by atoms with Crippen molar-refractivity contribution in [2.75, 3.05) is 13.7 Å². The number of rotatable bonds is 6. The van der Waals surface area contributed by atoms with Crippen molar-refractivity contribution in [1.82, 2.24) is 10.3 Å². The number of methoxy groups -OCH3 is 1. The standard InChI is InChI=1S/C23H26N2O3/c1-14(2)16-6-8-17(9-7-16)22(26)24-12-11-18-13-19-15(3)5-10-20(28-4)21(19)25-23(18)27/h5-10,13-14H,11-12H2,1-4H3,(H,24,26)(H,25,27). The number of benzene rings is 2. The predicted octanol–water partition coefficient (Wildman–Crippen LogP) is 3.94. The van der Waals surface area contributed by atoms with Crippen molar-refractivity contribution >= 4 is 16.8 Å². The summed E-state index contributed by atoms with van der Waals surface area (Å²) >= 11 is 0. The SMILES string of the molecule is COc1ccc(C)c2cc(CCNC(=O)c3ccc(C(C)C)cc3)c(=O)[nH]c12. The molecule has 0 atom stereocenters. The van der Waals surface area contributed by atoms with Crippen LogP contribution in [0.25, 0.3) is 10.9 Å². The molecule has 0 saturated heterocycles. The summed E-state index contributed by atoms with van der Waals surface area (Å²) < 4.78 is 5.33. The fourth-order valence-corrected chi connectivity index (χ4v) is 3.24. The van der Waals surface area contributed by atoms with E-state index >= 15 is 0 Å². The van der Waals surface area contributed by atoms with Crippen LogP contribution in [0.3, 0.4) is 0 Å². The van der Waals surface area contributed by atoms with E-state index in [1.165, 1.54) is 5.56 Å². The number of aromatic nitrogens is 1. The van der Waals surface area contributed by atoms with Crippen molar-refractivity contribution in [2.24, 2.45) is 0 Å². The van der Waals surface area contributed by atoms with Crippen LogP contribution in [-0.4, -0.2) is 24.5 Å². The Bertz CT molecular complexity index is 1050. The van der Waals surface area contributed by atoms with Crippen LogP contribution in [0, 0.1) is 6.92 Å². The van der Waals surface area contributed by atoms with Crippen molar-refractivity contribution in [2.45, 2.75) is 33.1 Å². The van der Waals surface area contributed by atoms with E-state index in [4.69, 9.17) is 4.74 Å². The zero-order valence-electron chi connectivity index (χ0n) is 16.8. The highest BCUT2D eigenvalue weighted by molar-refractivity contribution is 5.94. The van der Waals surface area contributed by atoms with Crippen LogP contribution < -0.4 is 15.6 Å². The Balaban J connectivity index is 1.71. The Hall–Kier alpha value is -3.08. The number of aromatic amines is 1. The predicted molar refractivity (Wildman–Crippen MR) is 112 cm³/mol. The maximum absolute atomic E-state index is 12.4. The quantitative estimate of drug-likeness (QED) is 0.682. The van der Waals surface area contributed by atoms with Gasteiger partial charge in [0.25, 0.3) is 11.5 Å². The van der Waals surface area contributed by atoms with E-state index in [9.17, 15) is 9.59 Å². The smallest absolute Gasteiger partial charge is 0.251 e. The van der Waals surface area contributed by atoms with Crippen molar-refractivity contribution in [1.29, 1.82) is 0 Å². The molecule has 0 aliphatic carbocycles. The molecule has 0 aliphatic rings. The maximum Gasteiger partial charge on any atom is 0.251 e. The number of carbonyl (C=O) groups excluding carboxylic acids is 1. The van der Waals surface area contributed by atoms with E-state index in [1.54, 1.807) is 7.11 Å². The average Bonchev–Trinajstić information content (AvgIpc) is 2.69. The number of hydrogen-bond donors (Lipinski definition) is 2. The highest BCUT2D eigenvalue weighted by Gasteiger charge is 2.10. The summed E-state index contributed by atoms with van der Waals surface area (Å²) in [4.78, 5) is 27.7. The molecule has 0 unspecified atom stereocenters. The van der Waals surface area contributed by atoms with Crippen molar-refractivity contribution < 1.29 is 9.53 Å². The summed E-state index contributed by atoms with van der Waals surface area (Å²) in [5, 5.41) is 3.84. The molecule has 0 saturated carbocycles. The fourth-order valence-electron chi connectivity index (χ4n) is 3.24. The minimum atomic E-state index is -0.160. The molecule has 1 heterocycles. The maximum atomic E-state index is 12.4. The minimum Gasteiger partial charge on any atom is -0.495 e. The van der Waals surface area contributed by atoms with Crippen LogP contribution >= 0.6 is 0 Å². The van der Waals surface area contributed by atoms with Gasteiger partial charge in [-0.25, -0.2) is 0 Å². The second-order valence-electron chi connectivity index (χ2n) is 7.28. The zero-order valence-corrected chi connectivity index (χ0v) is 16.8. The molecule has 0 bridgehead atoms. The summed E-state index contributed by atoms with van der Waals surface area (Å²) in [5.74, 6) is 0.937. The van der Waals surface area contributed by atoms with Gasteiger partial charge in [-0.15, -0.1) is 0 Å². The van der Waals surface area contributed by atoms with Gasteiger partial charge in [0.15, 0.2) is 0 Å². The molecule has 0 aliphatic heterocycles. The lowest BCUT2D eigenvalue weighted by molar-refractivity contribution is 0.0954. The van der Waals surface area contributed by atoms with E-state index in [0.29, 0.717) is 41.3 Å². The molecule has 0 spiro atoms. The van der Waals surface area contributed by atoms with Crippen LogP contribution in [0.5, 0.6) is 5.75 Å². The monoisotopic (exact) mass is 378 g/mol. The van der Waals surface area contributed by atoms with E-state index in [0.717, 1.165) is 10.9 Å². The average molecular weight is 378 g/mol. The van der Waals surface area contributed by atoms with E-state index < -0.39 is 0 Å². The summed E-state index contributed by atoms with van der Waals surface area (Å²) in [6.45, 7) is 6.62. The molecule has 2 aromatic carbocycles. The number of nitrogens with one attached hydrogen (secondary N) is 2. The third-order valence-corrected chi connectivity index (χ3v) is 5.01. The molecule has 146 valence electrons. The molecule has 5 nitrogen and oxygen atoms in total. The highest BCUT2D eigenvalue weighted by Crippen LogP contribution is 2.25. The van der Waals surface area contributed by atoms with Gasteiger partial charge in [0.1, 0.15) is 5.75 Å². The van der Waals surface area contributed by atoms with Crippen molar-refractivity contribution in [3.8, 4) is 5.75 Å². The Kier molecular flexibility index (Phi) is 5.83. The lowest BCUT2D eigenvalue weighted by Crippen LogP contribution is -2.27. The molecule has 3 rings (SSSR count). The Morgan fingerprint density at radius 2 is 1.86 bits per heavy atom. The zero-order chi connectivity index (χ0) is 20.3. The third-order valence-electron chi connectivity index (χ3n) is 5.01. The molecule has 28 heavy (non-hydrogen) atoms. The molecule has 0 radical (unpaired) electrons. The second-order valence-corrected chi connectivity index (χ2v) is 7.28. The molecule has 0 fully saturated rings. The molecule has 2 N–H and O–H groups in total. The molecule has 5 heteroatoms. The first kappa shape index (κ1) is 19.7. The van der Waals surface area contributed by atoms with Gasteiger partial charge in [-0.05, 0) is 54.7 Å². The van der Waals surface area contributed by atoms with Gasteiger partial charge >= 0.3 is 0 Å². The van der Waals surface area contributed by atoms with Crippen LogP contribution in [0.1, 0.15) is 46.8 Å². The van der Waals surface area contributed by atoms with Gasteiger partial charge in [0, 0.05) is 23.1 Å². The molecular weight excluding hydrogens is 352 g/mol. The largest absolute Gasteiger partial charge is 0.495 e. The lowest BCUT2D eigenvalue weighted by Gasteiger charge is -2.10. The van der Waals surface area contributed by atoms with E-state index in [1.807, 2.05) is 49.4 Å². The fraction of sp³-hybridized carbons (Fsp3) is 0.304. The van der Waals surface area contributed by atoms with Gasteiger partial charge in [-0.2, -0.15) is 0 Å². The Morgan fingerprint density at radius 3 is 2.50 bits per heavy atom. The summed E-state index contributed by atoms with van der Waals surface area (Å²) in [5.41, 5.74) is 4.06. The van der Waals surface area contributed by atoms with Crippen molar-refractivity contribution in [3.63, 3.8) is 0 Å². The topological polar surface area (TPSA) is 71.2 Å². The summed E-state index contributed by atoms with van der Waals surface area (Å²) in [6, 6.07) is 13.3. The van der Waals surface area contributed by atoms with Crippen LogP contribution in [0.15, 0.2) is 47.3 Å². The van der Waals surface area contributed by atoms with Gasteiger partial charge in [-0.3, -0.25) is 9.59 Å². The number of hydrogen-bond acceptors (Lipinski definition) is 3. The Morgan fingerprint density at radius 1 is 1.14 bits per heavy atom. The number of pyridine rings is 1. The normalized spacial score (nSPS) is 11.0. The highest BCUT2D eigenvalue weighted by atomic mass is 16.5. The molecule has 3 aromatic rings. The summed E-state index contributed by atoms with van der Waals surface area (Å²) in [7, 11) is 1.58. The summed E-state index contributed by atoms with van der Waals surface area (Å²) in [6.07, 6.45) is 0.456. The van der Waals surface area contributed by atoms with Gasteiger partial charge in [0.2, 0.25) is 0 Å². The van der Waals surface area contributed by atoms with Crippen molar-refractivity contribution in [3.05, 3.63) is 75.1 Å². The number of carbonyl (C=O) groups is 1. The number of aryl methyl sites for hydroxylation is 1. The number of H-pyrrole nitrogens is 1. The molecular formula is C23H26N2O3. The number of fused-ring (bicyclic) bond motifs is 1. The van der Waals surface area contributed by atoms with Gasteiger partial charge in [-0.1, -0.05) is 32.0 Å². The van der Waals surface area contributed by atoms with Crippen LogP contribution in [0.4, 0.5) is 0 Å². The van der Waals surface area contributed by atoms with Crippen LogP contribution in [0.2, 0.25) is 0 Å². The molecule has 1 amide bonds. The first-order chi connectivity index (χ1) is 13.4. The van der Waals surface area contributed by atoms with Crippen LogP contribution in [-0.2, 0) is 6.42 Å². The minimum absolute atomic E-state index is 0.134. The first-order valence-corrected chi connectivity index (χ1v) is 9.48. The lowest BCUT2D eigenvalue weighted by atomic mass is 10.0. The van der Waals surface area contributed by atoms with Gasteiger partial charge < -0.3 is 15.0 Å². The first-order valence-electron chi connectivity index (χ1n) is 9.48. The number of ether oxygens (including phenoxy) is 1. The van der Waals surface area contributed by atoms with E-state index in [2.05, 4.69) is 24.1 Å².